The molecule has 1 aromatic heterocycles. The van der Waals surface area contributed by atoms with Gasteiger partial charge in [-0.25, -0.2) is 4.79 Å². The highest BCUT2D eigenvalue weighted by Gasteiger charge is 2.10. The Morgan fingerprint density at radius 2 is 1.83 bits per heavy atom. The van der Waals surface area contributed by atoms with Crippen molar-refractivity contribution in [2.75, 3.05) is 14.2 Å². The lowest BCUT2D eigenvalue weighted by molar-refractivity contribution is -0.138. The Labute approximate surface area is 170 Å². The van der Waals surface area contributed by atoms with Gasteiger partial charge in [0.25, 0.3) is 0 Å². The zero-order valence-corrected chi connectivity index (χ0v) is 16.8. The molecular formula is C23H24N2O4. The molecule has 0 bridgehead atoms. The molecule has 2 aromatic carbocycles. The minimum atomic E-state index is -0.421. The number of aromatic nitrogens is 2. The van der Waals surface area contributed by atoms with Gasteiger partial charge in [0.15, 0.2) is 11.5 Å². The smallest absolute Gasteiger partial charge is 0.331 e. The fraction of sp³-hybridized carbons (Fsp3) is 0.217. The fourth-order valence-electron chi connectivity index (χ4n) is 2.86. The lowest BCUT2D eigenvalue weighted by atomic mass is 10.1. The molecule has 0 amide bonds. The van der Waals surface area contributed by atoms with Gasteiger partial charge in [0.1, 0.15) is 6.61 Å². The van der Waals surface area contributed by atoms with E-state index in [4.69, 9.17) is 14.2 Å². The molecule has 1 heterocycles. The van der Waals surface area contributed by atoms with E-state index >= 15 is 0 Å². The molecule has 0 radical (unpaired) electrons. The van der Waals surface area contributed by atoms with Gasteiger partial charge < -0.3 is 14.2 Å². The molecule has 3 rings (SSSR count). The lowest BCUT2D eigenvalue weighted by Gasteiger charge is -2.12. The van der Waals surface area contributed by atoms with Crippen molar-refractivity contribution in [2.24, 2.45) is 0 Å². The molecule has 0 spiro atoms. The van der Waals surface area contributed by atoms with Crippen LogP contribution in [0, 0.1) is 6.92 Å². The number of rotatable bonds is 8. The van der Waals surface area contributed by atoms with E-state index < -0.39 is 5.97 Å². The molecule has 0 unspecified atom stereocenters. The van der Waals surface area contributed by atoms with Crippen molar-refractivity contribution in [1.29, 1.82) is 0 Å². The van der Waals surface area contributed by atoms with Crippen LogP contribution < -0.4 is 9.47 Å². The highest BCUT2D eigenvalue weighted by atomic mass is 16.5. The Hall–Kier alpha value is -3.54. The number of methoxy groups -OCH3 is 2. The van der Waals surface area contributed by atoms with Gasteiger partial charge in [-0.1, -0.05) is 30.3 Å². The number of hydrogen-bond acceptors (Lipinski definition) is 5. The van der Waals surface area contributed by atoms with Crippen LogP contribution in [0.5, 0.6) is 11.5 Å². The van der Waals surface area contributed by atoms with Gasteiger partial charge >= 0.3 is 5.97 Å². The second-order valence-corrected chi connectivity index (χ2v) is 6.53. The maximum Gasteiger partial charge on any atom is 0.331 e. The number of esters is 1. The Morgan fingerprint density at radius 3 is 2.55 bits per heavy atom. The molecular weight excluding hydrogens is 368 g/mol. The molecule has 3 aromatic rings. The Kier molecular flexibility index (Phi) is 6.68. The first kappa shape index (κ1) is 20.2. The summed E-state index contributed by atoms with van der Waals surface area (Å²) >= 11 is 0. The third kappa shape index (κ3) is 5.48. The summed E-state index contributed by atoms with van der Waals surface area (Å²) < 4.78 is 17.8. The van der Waals surface area contributed by atoms with Crippen LogP contribution in [0.1, 0.15) is 22.3 Å². The molecule has 0 saturated carbocycles. The molecule has 0 aliphatic rings. The summed E-state index contributed by atoms with van der Waals surface area (Å²) in [6, 6.07) is 13.7. The quantitative estimate of drug-likeness (QED) is 0.428. The lowest BCUT2D eigenvalue weighted by Crippen LogP contribution is -2.03. The summed E-state index contributed by atoms with van der Waals surface area (Å²) in [4.78, 5) is 12.1. The topological polar surface area (TPSA) is 62.6 Å². The third-order valence-corrected chi connectivity index (χ3v) is 4.46. The minimum absolute atomic E-state index is 0.155. The number of carbonyl (C=O) groups excluding carboxylic acids is 1. The molecule has 0 N–H and O–H groups in total. The molecule has 0 fully saturated rings. The number of aryl methyl sites for hydroxylation is 1. The van der Waals surface area contributed by atoms with E-state index in [1.807, 2.05) is 60.3 Å². The van der Waals surface area contributed by atoms with Gasteiger partial charge in [-0.2, -0.15) is 5.10 Å². The van der Waals surface area contributed by atoms with E-state index in [2.05, 4.69) is 5.10 Å². The monoisotopic (exact) mass is 392 g/mol. The van der Waals surface area contributed by atoms with Crippen LogP contribution in [0.2, 0.25) is 0 Å². The second-order valence-electron chi connectivity index (χ2n) is 6.53. The van der Waals surface area contributed by atoms with Crippen molar-refractivity contribution in [2.45, 2.75) is 20.1 Å². The van der Waals surface area contributed by atoms with Crippen molar-refractivity contribution >= 4 is 12.0 Å². The maximum absolute atomic E-state index is 12.1. The second kappa shape index (κ2) is 9.59. The zero-order chi connectivity index (χ0) is 20.6. The molecule has 0 saturated heterocycles. The Balaban J connectivity index is 1.57. The van der Waals surface area contributed by atoms with Crippen LogP contribution in [0.15, 0.2) is 60.9 Å². The number of carbonyl (C=O) groups is 1. The molecule has 29 heavy (non-hydrogen) atoms. The standard InChI is InChI=1S/C23H24N2O4/c1-17-11-21(27-2)22(28-3)12-20(17)16-29-23(26)10-9-19-13-24-25(15-19)14-18-7-5-4-6-8-18/h4-13,15H,14,16H2,1-3H3/b10-9+. The van der Waals surface area contributed by atoms with E-state index in [1.54, 1.807) is 26.5 Å². The van der Waals surface area contributed by atoms with E-state index in [0.717, 1.165) is 22.3 Å². The predicted molar refractivity (Wildman–Crippen MR) is 111 cm³/mol. The SMILES string of the molecule is COc1cc(C)c(COC(=O)/C=C/c2cnn(Cc3ccccc3)c2)cc1OC. The van der Waals surface area contributed by atoms with Crippen molar-refractivity contribution in [3.05, 3.63) is 83.2 Å². The van der Waals surface area contributed by atoms with Crippen LogP contribution >= 0.6 is 0 Å². The highest BCUT2D eigenvalue weighted by molar-refractivity contribution is 5.86. The summed E-state index contributed by atoms with van der Waals surface area (Å²) in [5.74, 6) is 0.827. The largest absolute Gasteiger partial charge is 0.493 e. The maximum atomic E-state index is 12.1. The first-order valence-electron chi connectivity index (χ1n) is 9.21. The van der Waals surface area contributed by atoms with Crippen LogP contribution in [-0.4, -0.2) is 30.0 Å². The summed E-state index contributed by atoms with van der Waals surface area (Å²) in [5.41, 5.74) is 3.82. The van der Waals surface area contributed by atoms with Crippen molar-refractivity contribution in [3.8, 4) is 11.5 Å². The van der Waals surface area contributed by atoms with E-state index in [9.17, 15) is 4.79 Å². The fourth-order valence-corrected chi connectivity index (χ4v) is 2.86. The minimum Gasteiger partial charge on any atom is -0.493 e. The average molecular weight is 392 g/mol. The Morgan fingerprint density at radius 1 is 1.10 bits per heavy atom. The van der Waals surface area contributed by atoms with Gasteiger partial charge in [0.05, 0.1) is 27.0 Å². The summed E-state index contributed by atoms with van der Waals surface area (Å²) in [6.45, 7) is 2.77. The summed E-state index contributed by atoms with van der Waals surface area (Å²) in [7, 11) is 3.16. The van der Waals surface area contributed by atoms with Crippen LogP contribution in [0.25, 0.3) is 6.08 Å². The highest BCUT2D eigenvalue weighted by Crippen LogP contribution is 2.30. The van der Waals surface area contributed by atoms with Gasteiger partial charge in [-0.05, 0) is 41.8 Å². The number of hydrogen-bond donors (Lipinski definition) is 0. The first-order chi connectivity index (χ1) is 14.1. The number of benzene rings is 2. The number of ether oxygens (including phenoxy) is 3. The molecule has 6 heteroatoms. The molecule has 150 valence electrons. The molecule has 0 aliphatic carbocycles. The average Bonchev–Trinajstić information content (AvgIpc) is 3.19. The van der Waals surface area contributed by atoms with E-state index in [1.165, 1.54) is 6.08 Å². The van der Waals surface area contributed by atoms with E-state index in [-0.39, 0.29) is 6.61 Å². The Bertz CT molecular complexity index is 993. The number of nitrogens with zero attached hydrogens (tertiary/aromatic N) is 2. The third-order valence-electron chi connectivity index (χ3n) is 4.46. The summed E-state index contributed by atoms with van der Waals surface area (Å²) in [6.07, 6.45) is 6.69. The van der Waals surface area contributed by atoms with Gasteiger partial charge in [0.2, 0.25) is 0 Å². The summed E-state index contributed by atoms with van der Waals surface area (Å²) in [5, 5.41) is 4.32. The zero-order valence-electron chi connectivity index (χ0n) is 16.8. The molecule has 6 nitrogen and oxygen atoms in total. The van der Waals surface area contributed by atoms with E-state index in [0.29, 0.717) is 18.0 Å². The molecule has 0 atom stereocenters. The van der Waals surface area contributed by atoms with Gasteiger partial charge in [0, 0.05) is 17.8 Å². The van der Waals surface area contributed by atoms with Gasteiger partial charge in [-0.15, -0.1) is 0 Å². The van der Waals surface area contributed by atoms with Crippen molar-refractivity contribution < 1.29 is 19.0 Å². The van der Waals surface area contributed by atoms with Crippen molar-refractivity contribution in [1.82, 2.24) is 9.78 Å². The predicted octanol–water partition coefficient (Wildman–Crippen LogP) is 4.01. The van der Waals surface area contributed by atoms with Crippen LogP contribution in [-0.2, 0) is 22.7 Å². The van der Waals surface area contributed by atoms with Crippen LogP contribution in [0.3, 0.4) is 0 Å². The van der Waals surface area contributed by atoms with Gasteiger partial charge in [-0.3, -0.25) is 4.68 Å². The normalized spacial score (nSPS) is 10.9. The van der Waals surface area contributed by atoms with Crippen LogP contribution in [0.4, 0.5) is 0 Å². The molecule has 0 aliphatic heterocycles. The van der Waals surface area contributed by atoms with Crippen molar-refractivity contribution in [3.63, 3.8) is 0 Å². The first-order valence-corrected chi connectivity index (χ1v) is 9.21.